The first-order valence-corrected chi connectivity index (χ1v) is 9.91. The largest absolute Gasteiger partial charge is 0.455 e. The number of piperidine rings is 1. The third kappa shape index (κ3) is 4.71. The van der Waals surface area contributed by atoms with Crippen LogP contribution in [0.3, 0.4) is 0 Å². The third-order valence-electron chi connectivity index (χ3n) is 5.10. The molecule has 1 N–H and O–H groups in total. The van der Waals surface area contributed by atoms with E-state index >= 15 is 0 Å². The van der Waals surface area contributed by atoms with E-state index in [-0.39, 0.29) is 11.6 Å². The number of nitrogens with one attached hydrogen (secondary N) is 1. The fourth-order valence-corrected chi connectivity index (χ4v) is 3.31. The van der Waals surface area contributed by atoms with Crippen molar-refractivity contribution in [3.63, 3.8) is 0 Å². The van der Waals surface area contributed by atoms with Crippen molar-refractivity contribution in [3.05, 3.63) is 72.4 Å². The Balaban J connectivity index is 1.44. The molecule has 0 aliphatic carbocycles. The molecule has 2 aromatic carbocycles. The van der Waals surface area contributed by atoms with Gasteiger partial charge in [-0.3, -0.25) is 4.79 Å². The Bertz CT molecular complexity index is 952. The second-order valence-electron chi connectivity index (χ2n) is 7.31. The summed E-state index contributed by atoms with van der Waals surface area (Å²) < 4.78 is 5.90. The van der Waals surface area contributed by atoms with Gasteiger partial charge in [0, 0.05) is 13.1 Å². The van der Waals surface area contributed by atoms with Gasteiger partial charge in [0.25, 0.3) is 5.91 Å². The first-order chi connectivity index (χ1) is 14.2. The highest BCUT2D eigenvalue weighted by Gasteiger charge is 2.18. The number of hydrogen-bond donors (Lipinski definition) is 1. The number of rotatable bonds is 5. The lowest BCUT2D eigenvalue weighted by molar-refractivity contribution is 0.102. The van der Waals surface area contributed by atoms with E-state index in [0.717, 1.165) is 37.7 Å². The number of para-hydroxylation sites is 3. The second kappa shape index (κ2) is 8.73. The Kier molecular flexibility index (Phi) is 5.70. The average molecular weight is 388 g/mol. The second-order valence-corrected chi connectivity index (χ2v) is 7.31. The molecule has 0 unspecified atom stereocenters. The molecule has 4 rings (SSSR count). The van der Waals surface area contributed by atoms with E-state index in [0.29, 0.717) is 17.2 Å². The molecule has 148 valence electrons. The van der Waals surface area contributed by atoms with Crippen LogP contribution in [-0.2, 0) is 0 Å². The van der Waals surface area contributed by atoms with Gasteiger partial charge in [-0.1, -0.05) is 37.3 Å². The van der Waals surface area contributed by atoms with Gasteiger partial charge in [-0.05, 0) is 55.2 Å². The Morgan fingerprint density at radius 2 is 1.69 bits per heavy atom. The predicted molar refractivity (Wildman–Crippen MR) is 114 cm³/mol. The molecule has 1 amide bonds. The zero-order chi connectivity index (χ0) is 20.1. The summed E-state index contributed by atoms with van der Waals surface area (Å²) in [6, 6.07) is 20.4. The molecule has 29 heavy (non-hydrogen) atoms. The SMILES string of the molecule is CC1CCN(c2ccc(C(=O)Nc3ccccc3Oc3ccccc3)nn2)CC1. The molecule has 1 aliphatic heterocycles. The minimum Gasteiger partial charge on any atom is -0.455 e. The van der Waals surface area contributed by atoms with Gasteiger partial charge in [0.05, 0.1) is 5.69 Å². The zero-order valence-corrected chi connectivity index (χ0v) is 16.4. The van der Waals surface area contributed by atoms with E-state index in [2.05, 4.69) is 27.3 Å². The number of nitrogens with zero attached hydrogens (tertiary/aromatic N) is 3. The fourth-order valence-electron chi connectivity index (χ4n) is 3.31. The van der Waals surface area contributed by atoms with Crippen molar-refractivity contribution in [2.45, 2.75) is 19.8 Å². The molecule has 1 aliphatic rings. The summed E-state index contributed by atoms with van der Waals surface area (Å²) in [6.07, 6.45) is 2.31. The molecule has 1 aromatic heterocycles. The maximum atomic E-state index is 12.7. The topological polar surface area (TPSA) is 67.4 Å². The number of carbonyl (C=O) groups excluding carboxylic acids is 1. The molecular weight excluding hydrogens is 364 g/mol. The summed E-state index contributed by atoms with van der Waals surface area (Å²) in [6.45, 7) is 4.23. The predicted octanol–water partition coefficient (Wildman–Crippen LogP) is 4.76. The maximum absolute atomic E-state index is 12.7. The van der Waals surface area contributed by atoms with Crippen LogP contribution in [0.1, 0.15) is 30.3 Å². The van der Waals surface area contributed by atoms with E-state index in [1.807, 2.05) is 54.6 Å². The van der Waals surface area contributed by atoms with Crippen LogP contribution in [0.2, 0.25) is 0 Å². The van der Waals surface area contributed by atoms with Gasteiger partial charge in [-0.15, -0.1) is 10.2 Å². The minimum atomic E-state index is -0.319. The third-order valence-corrected chi connectivity index (χ3v) is 5.10. The Labute approximate surface area is 170 Å². The molecule has 1 saturated heterocycles. The van der Waals surface area contributed by atoms with E-state index in [9.17, 15) is 4.79 Å². The summed E-state index contributed by atoms with van der Waals surface area (Å²) in [7, 11) is 0. The van der Waals surface area contributed by atoms with Gasteiger partial charge < -0.3 is 15.0 Å². The van der Waals surface area contributed by atoms with E-state index < -0.39 is 0 Å². The minimum absolute atomic E-state index is 0.272. The highest BCUT2D eigenvalue weighted by molar-refractivity contribution is 6.03. The van der Waals surface area contributed by atoms with Crippen LogP contribution in [0.25, 0.3) is 0 Å². The van der Waals surface area contributed by atoms with Crippen molar-refractivity contribution < 1.29 is 9.53 Å². The van der Waals surface area contributed by atoms with Crippen molar-refractivity contribution in [2.75, 3.05) is 23.3 Å². The average Bonchev–Trinajstić information content (AvgIpc) is 2.76. The molecule has 1 fully saturated rings. The molecule has 0 spiro atoms. The highest BCUT2D eigenvalue weighted by Crippen LogP contribution is 2.29. The molecule has 6 nitrogen and oxygen atoms in total. The Morgan fingerprint density at radius 1 is 0.966 bits per heavy atom. The van der Waals surface area contributed by atoms with Gasteiger partial charge in [0.1, 0.15) is 5.75 Å². The van der Waals surface area contributed by atoms with E-state index in [1.54, 1.807) is 12.1 Å². The van der Waals surface area contributed by atoms with Gasteiger partial charge >= 0.3 is 0 Å². The van der Waals surface area contributed by atoms with Crippen LogP contribution in [0, 0.1) is 5.92 Å². The van der Waals surface area contributed by atoms with Crippen molar-refractivity contribution in [1.82, 2.24) is 10.2 Å². The number of amides is 1. The number of carbonyl (C=O) groups is 1. The van der Waals surface area contributed by atoms with Crippen molar-refractivity contribution in [1.29, 1.82) is 0 Å². The summed E-state index contributed by atoms with van der Waals surface area (Å²) in [5, 5.41) is 11.3. The quantitative estimate of drug-likeness (QED) is 0.683. The van der Waals surface area contributed by atoms with Gasteiger partial charge in [0.15, 0.2) is 17.3 Å². The van der Waals surface area contributed by atoms with E-state index in [4.69, 9.17) is 4.74 Å². The van der Waals surface area contributed by atoms with Crippen LogP contribution in [-0.4, -0.2) is 29.2 Å². The summed E-state index contributed by atoms with van der Waals surface area (Å²) in [4.78, 5) is 14.9. The number of hydrogen-bond acceptors (Lipinski definition) is 5. The van der Waals surface area contributed by atoms with Gasteiger partial charge in [0.2, 0.25) is 0 Å². The normalized spacial score (nSPS) is 14.4. The standard InChI is InChI=1S/C23H24N4O2/c1-17-13-15-27(16-14-17)22-12-11-20(25-26-22)23(28)24-19-9-5-6-10-21(19)29-18-7-3-2-4-8-18/h2-12,17H,13-16H2,1H3,(H,24,28). The van der Waals surface area contributed by atoms with Gasteiger partial charge in [-0.25, -0.2) is 0 Å². The van der Waals surface area contributed by atoms with Crippen LogP contribution >= 0.6 is 0 Å². The zero-order valence-electron chi connectivity index (χ0n) is 16.4. The molecule has 3 aromatic rings. The van der Waals surface area contributed by atoms with Crippen LogP contribution in [0.4, 0.5) is 11.5 Å². The summed E-state index contributed by atoms with van der Waals surface area (Å²) >= 11 is 0. The highest BCUT2D eigenvalue weighted by atomic mass is 16.5. The van der Waals surface area contributed by atoms with Crippen molar-refractivity contribution in [2.24, 2.45) is 5.92 Å². The molecule has 0 radical (unpaired) electrons. The first kappa shape index (κ1) is 18.9. The van der Waals surface area contributed by atoms with E-state index in [1.165, 1.54) is 0 Å². The molecule has 0 atom stereocenters. The lowest BCUT2D eigenvalue weighted by Gasteiger charge is -2.30. The van der Waals surface area contributed by atoms with Crippen LogP contribution < -0.4 is 15.0 Å². The van der Waals surface area contributed by atoms with Crippen LogP contribution in [0.15, 0.2) is 66.7 Å². The maximum Gasteiger partial charge on any atom is 0.276 e. The first-order valence-electron chi connectivity index (χ1n) is 9.91. The number of benzene rings is 2. The fraction of sp³-hybridized carbons (Fsp3) is 0.261. The lowest BCUT2D eigenvalue weighted by Crippen LogP contribution is -2.33. The molecule has 0 bridgehead atoms. The lowest BCUT2D eigenvalue weighted by atomic mass is 9.99. The Hall–Kier alpha value is -3.41. The number of anilines is 2. The van der Waals surface area contributed by atoms with Crippen molar-refractivity contribution >= 4 is 17.4 Å². The smallest absolute Gasteiger partial charge is 0.276 e. The van der Waals surface area contributed by atoms with Crippen LogP contribution in [0.5, 0.6) is 11.5 Å². The molecular formula is C23H24N4O2. The monoisotopic (exact) mass is 388 g/mol. The van der Waals surface area contributed by atoms with Crippen molar-refractivity contribution in [3.8, 4) is 11.5 Å². The number of aromatic nitrogens is 2. The summed E-state index contributed by atoms with van der Waals surface area (Å²) in [5.41, 5.74) is 0.853. The molecule has 0 saturated carbocycles. The summed E-state index contributed by atoms with van der Waals surface area (Å²) in [5.74, 6) is 2.53. The number of ether oxygens (including phenoxy) is 1. The molecule has 2 heterocycles. The van der Waals surface area contributed by atoms with Gasteiger partial charge in [-0.2, -0.15) is 0 Å². The Morgan fingerprint density at radius 3 is 2.41 bits per heavy atom. The molecule has 6 heteroatoms.